The van der Waals surface area contributed by atoms with Crippen LogP contribution in [0.1, 0.15) is 33.1 Å². The molecule has 1 aliphatic rings. The number of aryl methyl sites for hydroxylation is 1. The van der Waals surface area contributed by atoms with Crippen molar-refractivity contribution in [2.24, 2.45) is 0 Å². The van der Waals surface area contributed by atoms with Crippen molar-refractivity contribution in [2.75, 3.05) is 23.9 Å². The summed E-state index contributed by atoms with van der Waals surface area (Å²) in [4.78, 5) is 60.4. The fraction of sp³-hybridized carbons (Fsp3) is 0.143. The number of aromatic nitrogens is 1. The van der Waals surface area contributed by atoms with E-state index in [1.807, 2.05) is 55.5 Å². The van der Waals surface area contributed by atoms with E-state index < -0.39 is 36.1 Å². The Morgan fingerprint density at radius 1 is 0.909 bits per heavy atom. The quantitative estimate of drug-likeness (QED) is 0.224. The average Bonchev–Trinajstić information content (AvgIpc) is 3.57. The monoisotopic (exact) mass is 586 g/mol. The van der Waals surface area contributed by atoms with E-state index in [1.165, 1.54) is 9.80 Å². The van der Waals surface area contributed by atoms with E-state index in [0.717, 1.165) is 22.0 Å². The van der Waals surface area contributed by atoms with Crippen LogP contribution in [0.5, 0.6) is 5.75 Å². The summed E-state index contributed by atoms with van der Waals surface area (Å²) in [5.41, 5.74) is 4.33. The summed E-state index contributed by atoms with van der Waals surface area (Å²) < 4.78 is 5.25. The molecule has 4 aromatic carbocycles. The normalized spacial score (nSPS) is 13.1. The lowest BCUT2D eigenvalue weighted by Gasteiger charge is -2.33. The Hall–Kier alpha value is -5.70. The number of hydrogen-bond acceptors (Lipinski definition) is 5. The van der Waals surface area contributed by atoms with E-state index in [9.17, 15) is 19.2 Å². The fourth-order valence-electron chi connectivity index (χ4n) is 5.58. The molecular formula is C35H30N4O5. The molecule has 9 nitrogen and oxygen atoms in total. The number of aromatic amines is 1. The van der Waals surface area contributed by atoms with E-state index in [0.29, 0.717) is 22.7 Å². The van der Waals surface area contributed by atoms with Gasteiger partial charge in [-0.1, -0.05) is 54.6 Å². The van der Waals surface area contributed by atoms with Crippen LogP contribution in [-0.4, -0.2) is 47.0 Å². The number of benzene rings is 4. The van der Waals surface area contributed by atoms with Crippen LogP contribution in [0.3, 0.4) is 0 Å². The number of nitrogens with zero attached hydrogens (tertiary/aromatic N) is 2. The lowest BCUT2D eigenvalue weighted by atomic mass is 10.0. The average molecular weight is 587 g/mol. The molecule has 6 rings (SSSR count). The van der Waals surface area contributed by atoms with Gasteiger partial charge in [-0.05, 0) is 60.5 Å². The SMILES string of the molecule is COc1ccc(NC(=O)[C@H](c2c[nH]c3ccccc23)N(Cc2ccccc2C)C(=O)CN2C(=O)C(=O)c3ccccc32)cc1. The molecule has 0 spiro atoms. The Bertz CT molecular complexity index is 1900. The molecule has 220 valence electrons. The number of carbonyl (C=O) groups is 4. The van der Waals surface area contributed by atoms with Crippen molar-refractivity contribution in [1.82, 2.24) is 9.88 Å². The second-order valence-electron chi connectivity index (χ2n) is 10.6. The molecule has 0 aliphatic carbocycles. The minimum absolute atomic E-state index is 0.0866. The van der Waals surface area contributed by atoms with Crippen LogP contribution in [0.25, 0.3) is 10.9 Å². The number of nitrogens with one attached hydrogen (secondary N) is 2. The number of amides is 3. The van der Waals surface area contributed by atoms with Gasteiger partial charge in [0.15, 0.2) is 0 Å². The standard InChI is InChI=1S/C35H30N4O5/c1-22-9-3-4-10-23(22)20-39(31(40)21-38-30-14-8-6-12-27(30)33(41)35(38)43)32(28-19-36-29-13-7-5-11-26(28)29)34(42)37-24-15-17-25(44-2)18-16-24/h3-19,32,36H,20-21H2,1-2H3,(H,37,42)/t32-/m0/s1. The maximum atomic E-state index is 14.4. The van der Waals surface area contributed by atoms with Crippen LogP contribution < -0.4 is 15.0 Å². The third-order valence-corrected chi connectivity index (χ3v) is 7.93. The summed E-state index contributed by atoms with van der Waals surface area (Å²) in [6.07, 6.45) is 1.74. The molecule has 0 saturated carbocycles. The summed E-state index contributed by atoms with van der Waals surface area (Å²) in [5, 5.41) is 3.75. The van der Waals surface area contributed by atoms with Gasteiger partial charge in [-0.3, -0.25) is 24.1 Å². The molecule has 2 N–H and O–H groups in total. The predicted molar refractivity (Wildman–Crippen MR) is 168 cm³/mol. The molecular weight excluding hydrogens is 556 g/mol. The van der Waals surface area contributed by atoms with Crippen LogP contribution in [0.15, 0.2) is 103 Å². The number of rotatable bonds is 9. The van der Waals surface area contributed by atoms with Gasteiger partial charge >= 0.3 is 0 Å². The number of ketones is 1. The van der Waals surface area contributed by atoms with Gasteiger partial charge in [0, 0.05) is 34.9 Å². The van der Waals surface area contributed by atoms with Gasteiger partial charge < -0.3 is 19.9 Å². The highest BCUT2D eigenvalue weighted by molar-refractivity contribution is 6.52. The second kappa shape index (κ2) is 11.9. The molecule has 0 saturated heterocycles. The number of carbonyl (C=O) groups excluding carboxylic acids is 4. The highest BCUT2D eigenvalue weighted by Gasteiger charge is 2.40. The maximum Gasteiger partial charge on any atom is 0.299 e. The number of anilines is 2. The Balaban J connectivity index is 1.44. The van der Waals surface area contributed by atoms with Crippen molar-refractivity contribution >= 4 is 45.8 Å². The number of Topliss-reactive ketones (excluding diaryl/α,β-unsaturated/α-hetero) is 1. The minimum Gasteiger partial charge on any atom is -0.497 e. The Morgan fingerprint density at radius 2 is 1.61 bits per heavy atom. The predicted octanol–water partition coefficient (Wildman–Crippen LogP) is 5.42. The van der Waals surface area contributed by atoms with Gasteiger partial charge in [0.25, 0.3) is 17.6 Å². The van der Waals surface area contributed by atoms with Crippen LogP contribution >= 0.6 is 0 Å². The maximum absolute atomic E-state index is 14.4. The van der Waals surface area contributed by atoms with Gasteiger partial charge in [0.2, 0.25) is 5.91 Å². The second-order valence-corrected chi connectivity index (χ2v) is 10.6. The van der Waals surface area contributed by atoms with Crippen LogP contribution in [0.2, 0.25) is 0 Å². The van der Waals surface area contributed by atoms with Crippen LogP contribution in [0, 0.1) is 6.92 Å². The van der Waals surface area contributed by atoms with Gasteiger partial charge in [0.1, 0.15) is 18.3 Å². The molecule has 0 unspecified atom stereocenters. The highest BCUT2D eigenvalue weighted by Crippen LogP contribution is 2.33. The number of fused-ring (bicyclic) bond motifs is 2. The van der Waals surface area contributed by atoms with Gasteiger partial charge in [0.05, 0.1) is 18.4 Å². The number of methoxy groups -OCH3 is 1. The lowest BCUT2D eigenvalue weighted by molar-refractivity contribution is -0.139. The molecule has 9 heteroatoms. The zero-order valence-electron chi connectivity index (χ0n) is 24.2. The van der Waals surface area contributed by atoms with Crippen molar-refractivity contribution in [3.05, 3.63) is 126 Å². The number of para-hydroxylation sites is 2. The summed E-state index contributed by atoms with van der Waals surface area (Å²) in [7, 11) is 1.56. The molecule has 1 aliphatic heterocycles. The number of hydrogen-bond donors (Lipinski definition) is 2. The first kappa shape index (κ1) is 28.4. The van der Waals surface area contributed by atoms with Gasteiger partial charge in [-0.25, -0.2) is 0 Å². The summed E-state index contributed by atoms with van der Waals surface area (Å²) in [6, 6.07) is 27.6. The first-order valence-corrected chi connectivity index (χ1v) is 14.2. The Labute approximate surface area is 254 Å². The minimum atomic E-state index is -1.09. The summed E-state index contributed by atoms with van der Waals surface area (Å²) in [5.74, 6) is -1.74. The van der Waals surface area contributed by atoms with Crippen LogP contribution in [-0.2, 0) is 20.9 Å². The van der Waals surface area contributed by atoms with Gasteiger partial charge in [-0.15, -0.1) is 0 Å². The smallest absolute Gasteiger partial charge is 0.299 e. The zero-order chi connectivity index (χ0) is 30.8. The van der Waals surface area contributed by atoms with Crippen molar-refractivity contribution in [2.45, 2.75) is 19.5 Å². The van der Waals surface area contributed by atoms with Crippen LogP contribution in [0.4, 0.5) is 11.4 Å². The zero-order valence-corrected chi connectivity index (χ0v) is 24.2. The molecule has 0 radical (unpaired) electrons. The summed E-state index contributed by atoms with van der Waals surface area (Å²) >= 11 is 0. The topological polar surface area (TPSA) is 112 Å². The molecule has 1 aromatic heterocycles. The fourth-order valence-corrected chi connectivity index (χ4v) is 5.58. The molecule has 0 bridgehead atoms. The highest BCUT2D eigenvalue weighted by atomic mass is 16.5. The molecule has 3 amide bonds. The van der Waals surface area contributed by atoms with Gasteiger partial charge in [-0.2, -0.15) is 0 Å². The third kappa shape index (κ3) is 5.31. The van der Waals surface area contributed by atoms with Crippen molar-refractivity contribution < 1.29 is 23.9 Å². The van der Waals surface area contributed by atoms with E-state index in [1.54, 1.807) is 61.8 Å². The molecule has 0 fully saturated rings. The van der Waals surface area contributed by atoms with Crippen molar-refractivity contribution in [3.8, 4) is 5.75 Å². The van der Waals surface area contributed by atoms with E-state index >= 15 is 0 Å². The van der Waals surface area contributed by atoms with Crippen molar-refractivity contribution in [3.63, 3.8) is 0 Å². The molecule has 2 heterocycles. The number of ether oxygens (including phenoxy) is 1. The first-order valence-electron chi connectivity index (χ1n) is 14.2. The number of H-pyrrole nitrogens is 1. The molecule has 5 aromatic rings. The van der Waals surface area contributed by atoms with E-state index in [4.69, 9.17) is 4.74 Å². The third-order valence-electron chi connectivity index (χ3n) is 7.93. The van der Waals surface area contributed by atoms with Crippen molar-refractivity contribution in [1.29, 1.82) is 0 Å². The molecule has 1 atom stereocenters. The summed E-state index contributed by atoms with van der Waals surface area (Å²) in [6.45, 7) is 1.61. The first-order chi connectivity index (χ1) is 21.4. The Morgan fingerprint density at radius 3 is 2.39 bits per heavy atom. The lowest BCUT2D eigenvalue weighted by Crippen LogP contribution is -2.46. The largest absolute Gasteiger partial charge is 0.497 e. The Kier molecular flexibility index (Phi) is 7.68. The molecule has 44 heavy (non-hydrogen) atoms. The van der Waals surface area contributed by atoms with E-state index in [-0.39, 0.29) is 12.1 Å². The van der Waals surface area contributed by atoms with E-state index in [2.05, 4.69) is 10.3 Å².